The Bertz CT molecular complexity index is 1040. The van der Waals surface area contributed by atoms with E-state index in [4.69, 9.17) is 0 Å². The number of para-hydroxylation sites is 1. The number of unbranched alkanes of at least 4 members (excludes halogenated alkanes) is 2. The molecule has 0 heterocycles. The number of anilines is 1. The average molecular weight is 455 g/mol. The van der Waals surface area contributed by atoms with Crippen molar-refractivity contribution in [3.8, 4) is 0 Å². The Hall–Kier alpha value is -3.33. The van der Waals surface area contributed by atoms with Gasteiger partial charge >= 0.3 is 6.03 Å². The first-order chi connectivity index (χ1) is 16.6. The normalized spacial score (nSPS) is 11.3. The molecule has 0 spiro atoms. The molecule has 0 aromatic heterocycles. The molecule has 0 aliphatic carbocycles. The SMILES string of the molecule is CCCCC/C(=C\c1ccccc1)CN(CCc1ccccc1)C(=O)Nc1c(C)cccc1C. The van der Waals surface area contributed by atoms with Crippen LogP contribution in [0.5, 0.6) is 0 Å². The van der Waals surface area contributed by atoms with Gasteiger partial charge in [-0.1, -0.05) is 110 Å². The summed E-state index contributed by atoms with van der Waals surface area (Å²) in [5.41, 5.74) is 6.80. The maximum atomic E-state index is 13.5. The highest BCUT2D eigenvalue weighted by atomic mass is 16.2. The van der Waals surface area contributed by atoms with Crippen molar-refractivity contribution in [3.63, 3.8) is 0 Å². The van der Waals surface area contributed by atoms with Gasteiger partial charge in [-0.25, -0.2) is 4.79 Å². The molecule has 178 valence electrons. The number of nitrogens with zero attached hydrogens (tertiary/aromatic N) is 1. The third kappa shape index (κ3) is 7.91. The fourth-order valence-corrected chi connectivity index (χ4v) is 4.19. The first kappa shape index (κ1) is 25.3. The second-order valence-electron chi connectivity index (χ2n) is 9.02. The zero-order chi connectivity index (χ0) is 24.2. The first-order valence-electron chi connectivity index (χ1n) is 12.5. The summed E-state index contributed by atoms with van der Waals surface area (Å²) in [6.45, 7) is 7.61. The molecule has 0 aliphatic rings. The van der Waals surface area contributed by atoms with E-state index in [1.165, 1.54) is 29.5 Å². The molecule has 0 aliphatic heterocycles. The minimum atomic E-state index is -0.0391. The van der Waals surface area contributed by atoms with Crippen LogP contribution < -0.4 is 5.32 Å². The number of benzene rings is 3. The maximum Gasteiger partial charge on any atom is 0.322 e. The largest absolute Gasteiger partial charge is 0.322 e. The molecule has 0 unspecified atom stereocenters. The quantitative estimate of drug-likeness (QED) is 0.292. The number of hydrogen-bond donors (Lipinski definition) is 1. The van der Waals surface area contributed by atoms with Gasteiger partial charge in [-0.15, -0.1) is 0 Å². The molecule has 0 atom stereocenters. The number of amides is 2. The molecule has 34 heavy (non-hydrogen) atoms. The monoisotopic (exact) mass is 454 g/mol. The summed E-state index contributed by atoms with van der Waals surface area (Å²) in [6, 6.07) is 26.9. The third-order valence-electron chi connectivity index (χ3n) is 6.18. The molecule has 3 heteroatoms. The van der Waals surface area contributed by atoms with E-state index in [1.807, 2.05) is 49.1 Å². The average Bonchev–Trinajstić information content (AvgIpc) is 2.85. The molecule has 1 N–H and O–H groups in total. The number of carbonyl (C=O) groups is 1. The second-order valence-corrected chi connectivity index (χ2v) is 9.02. The highest BCUT2D eigenvalue weighted by Gasteiger charge is 2.17. The lowest BCUT2D eigenvalue weighted by Gasteiger charge is -2.26. The van der Waals surface area contributed by atoms with Gasteiger partial charge < -0.3 is 10.2 Å². The van der Waals surface area contributed by atoms with Crippen LogP contribution in [0.2, 0.25) is 0 Å². The molecule has 0 radical (unpaired) electrons. The predicted octanol–water partition coefficient (Wildman–Crippen LogP) is 8.04. The first-order valence-corrected chi connectivity index (χ1v) is 12.5. The zero-order valence-electron chi connectivity index (χ0n) is 20.9. The maximum absolute atomic E-state index is 13.5. The van der Waals surface area contributed by atoms with Crippen molar-refractivity contribution in [3.05, 3.63) is 107 Å². The fraction of sp³-hybridized carbons (Fsp3) is 0.323. The Morgan fingerprint density at radius 1 is 0.853 bits per heavy atom. The Morgan fingerprint density at radius 2 is 1.50 bits per heavy atom. The van der Waals surface area contributed by atoms with E-state index in [-0.39, 0.29) is 6.03 Å². The van der Waals surface area contributed by atoms with Gasteiger partial charge in [0, 0.05) is 18.8 Å². The predicted molar refractivity (Wildman–Crippen MR) is 145 cm³/mol. The smallest absolute Gasteiger partial charge is 0.320 e. The van der Waals surface area contributed by atoms with E-state index in [0.29, 0.717) is 13.1 Å². The van der Waals surface area contributed by atoms with Crippen molar-refractivity contribution in [2.45, 2.75) is 52.9 Å². The van der Waals surface area contributed by atoms with Gasteiger partial charge in [-0.05, 0) is 55.4 Å². The van der Waals surface area contributed by atoms with Crippen LogP contribution in [0.3, 0.4) is 0 Å². The molecular weight excluding hydrogens is 416 g/mol. The van der Waals surface area contributed by atoms with Gasteiger partial charge in [-0.3, -0.25) is 0 Å². The molecule has 0 bridgehead atoms. The summed E-state index contributed by atoms with van der Waals surface area (Å²) in [6.07, 6.45) is 7.61. The number of carbonyl (C=O) groups excluding carboxylic acids is 1. The fourth-order valence-electron chi connectivity index (χ4n) is 4.19. The molecule has 3 rings (SSSR count). The van der Waals surface area contributed by atoms with E-state index in [2.05, 4.69) is 66.8 Å². The summed E-state index contributed by atoms with van der Waals surface area (Å²) in [7, 11) is 0. The Morgan fingerprint density at radius 3 is 2.15 bits per heavy atom. The standard InChI is InChI=1S/C31H38N2O/c1-4-5-8-20-29(23-28-18-11-7-12-19-28)24-33(22-21-27-16-9-6-10-17-27)31(34)32-30-25(2)14-13-15-26(30)3/h6-7,9-19,23H,4-5,8,20-22,24H2,1-3H3,(H,32,34)/b29-23+. The van der Waals surface area contributed by atoms with Crippen LogP contribution in [-0.2, 0) is 6.42 Å². The van der Waals surface area contributed by atoms with Gasteiger partial charge in [0.1, 0.15) is 0 Å². The molecule has 0 saturated carbocycles. The lowest BCUT2D eigenvalue weighted by atomic mass is 10.0. The van der Waals surface area contributed by atoms with Crippen LogP contribution in [0, 0.1) is 13.8 Å². The van der Waals surface area contributed by atoms with Crippen LogP contribution >= 0.6 is 0 Å². The van der Waals surface area contributed by atoms with Gasteiger partial charge in [0.25, 0.3) is 0 Å². The van der Waals surface area contributed by atoms with Crippen molar-refractivity contribution in [1.82, 2.24) is 4.90 Å². The van der Waals surface area contributed by atoms with Crippen LogP contribution in [0.4, 0.5) is 10.5 Å². The summed E-state index contributed by atoms with van der Waals surface area (Å²) in [4.78, 5) is 15.5. The van der Waals surface area contributed by atoms with Gasteiger partial charge in [0.2, 0.25) is 0 Å². The summed E-state index contributed by atoms with van der Waals surface area (Å²) < 4.78 is 0. The summed E-state index contributed by atoms with van der Waals surface area (Å²) in [5.74, 6) is 0. The molecule has 3 aromatic rings. The lowest BCUT2D eigenvalue weighted by Crippen LogP contribution is -2.38. The molecule has 0 saturated heterocycles. The highest BCUT2D eigenvalue weighted by Crippen LogP contribution is 2.21. The van der Waals surface area contributed by atoms with Gasteiger partial charge in [0.05, 0.1) is 0 Å². The number of hydrogen-bond acceptors (Lipinski definition) is 1. The topological polar surface area (TPSA) is 32.3 Å². The van der Waals surface area contributed by atoms with Crippen molar-refractivity contribution in [2.75, 3.05) is 18.4 Å². The summed E-state index contributed by atoms with van der Waals surface area (Å²) >= 11 is 0. The van der Waals surface area contributed by atoms with E-state index in [9.17, 15) is 4.79 Å². The summed E-state index contributed by atoms with van der Waals surface area (Å²) in [5, 5.41) is 3.21. The van der Waals surface area contributed by atoms with Crippen molar-refractivity contribution in [1.29, 1.82) is 0 Å². The minimum absolute atomic E-state index is 0.0391. The van der Waals surface area contributed by atoms with E-state index in [1.54, 1.807) is 0 Å². The van der Waals surface area contributed by atoms with E-state index in [0.717, 1.165) is 36.1 Å². The molecule has 2 amide bonds. The number of aryl methyl sites for hydroxylation is 2. The molecule has 3 nitrogen and oxygen atoms in total. The molecule has 0 fully saturated rings. The van der Waals surface area contributed by atoms with Crippen LogP contribution in [-0.4, -0.2) is 24.0 Å². The van der Waals surface area contributed by atoms with Gasteiger partial charge in [-0.2, -0.15) is 0 Å². The number of nitrogens with one attached hydrogen (secondary N) is 1. The zero-order valence-corrected chi connectivity index (χ0v) is 20.9. The number of rotatable bonds is 11. The van der Waals surface area contributed by atoms with Crippen LogP contribution in [0.1, 0.15) is 54.9 Å². The Kier molecular flexibility index (Phi) is 9.97. The van der Waals surface area contributed by atoms with Crippen molar-refractivity contribution in [2.24, 2.45) is 0 Å². The highest BCUT2D eigenvalue weighted by molar-refractivity contribution is 5.91. The minimum Gasteiger partial charge on any atom is -0.320 e. The Balaban J connectivity index is 1.83. The van der Waals surface area contributed by atoms with E-state index < -0.39 is 0 Å². The van der Waals surface area contributed by atoms with Crippen LogP contribution in [0.15, 0.2) is 84.4 Å². The third-order valence-corrected chi connectivity index (χ3v) is 6.18. The second kappa shape index (κ2) is 13.4. The number of urea groups is 1. The molecular formula is C31H38N2O. The van der Waals surface area contributed by atoms with E-state index >= 15 is 0 Å². The Labute approximate surface area is 205 Å². The lowest BCUT2D eigenvalue weighted by molar-refractivity contribution is 0.216. The molecule has 3 aromatic carbocycles. The van der Waals surface area contributed by atoms with Crippen molar-refractivity contribution < 1.29 is 4.79 Å². The van der Waals surface area contributed by atoms with Gasteiger partial charge in [0.15, 0.2) is 0 Å². The van der Waals surface area contributed by atoms with Crippen LogP contribution in [0.25, 0.3) is 6.08 Å². The van der Waals surface area contributed by atoms with Crippen molar-refractivity contribution >= 4 is 17.8 Å².